The van der Waals surface area contributed by atoms with Gasteiger partial charge >= 0.3 is 0 Å². The molecule has 26 heavy (non-hydrogen) atoms. The molecular formula is C19H25N5O2. The minimum atomic E-state index is -0.251. The summed E-state index contributed by atoms with van der Waals surface area (Å²) in [5.74, 6) is 1.64. The summed E-state index contributed by atoms with van der Waals surface area (Å²) in [6.07, 6.45) is 2.47. The van der Waals surface area contributed by atoms with E-state index in [0.29, 0.717) is 19.5 Å². The van der Waals surface area contributed by atoms with Gasteiger partial charge in [0.1, 0.15) is 17.6 Å². The monoisotopic (exact) mass is 355 g/mol. The van der Waals surface area contributed by atoms with Crippen molar-refractivity contribution in [2.75, 3.05) is 25.5 Å². The minimum Gasteiger partial charge on any atom is -0.497 e. The van der Waals surface area contributed by atoms with Crippen LogP contribution in [0.25, 0.3) is 0 Å². The van der Waals surface area contributed by atoms with E-state index < -0.39 is 0 Å². The Balaban J connectivity index is 1.41. The molecule has 0 radical (unpaired) electrons. The first-order valence-corrected chi connectivity index (χ1v) is 8.75. The lowest BCUT2D eigenvalue weighted by molar-refractivity contribution is -0.122. The lowest BCUT2D eigenvalue weighted by atomic mass is 10.0. The smallest absolute Gasteiger partial charge is 0.238 e. The zero-order valence-electron chi connectivity index (χ0n) is 15.1. The summed E-state index contributed by atoms with van der Waals surface area (Å²) in [6, 6.07) is 11.7. The van der Waals surface area contributed by atoms with E-state index in [1.54, 1.807) is 13.3 Å². The Morgan fingerprint density at radius 1 is 1.23 bits per heavy atom. The molecule has 2 heterocycles. The maximum Gasteiger partial charge on any atom is 0.238 e. The highest BCUT2D eigenvalue weighted by atomic mass is 16.5. The van der Waals surface area contributed by atoms with Crippen molar-refractivity contribution in [2.45, 2.75) is 25.4 Å². The van der Waals surface area contributed by atoms with Gasteiger partial charge in [0, 0.05) is 25.3 Å². The van der Waals surface area contributed by atoms with Crippen LogP contribution >= 0.6 is 0 Å². The molecule has 0 aliphatic carbocycles. The molecule has 0 saturated carbocycles. The molecule has 1 aliphatic heterocycles. The van der Waals surface area contributed by atoms with Gasteiger partial charge in [-0.15, -0.1) is 0 Å². The molecule has 138 valence electrons. The van der Waals surface area contributed by atoms with Crippen LogP contribution in [0.5, 0.6) is 5.75 Å². The maximum absolute atomic E-state index is 12.3. The molecule has 1 saturated heterocycles. The number of aromatic nitrogens is 1. The minimum absolute atomic E-state index is 0.00693. The fraction of sp³-hybridized carbons (Fsp3) is 0.368. The van der Waals surface area contributed by atoms with Gasteiger partial charge in [0.05, 0.1) is 7.11 Å². The van der Waals surface area contributed by atoms with E-state index in [1.807, 2.05) is 43.3 Å². The fourth-order valence-electron chi connectivity index (χ4n) is 2.92. The van der Waals surface area contributed by atoms with Crippen LogP contribution in [0, 0.1) is 6.92 Å². The van der Waals surface area contributed by atoms with Gasteiger partial charge < -0.3 is 15.4 Å². The molecular weight excluding hydrogens is 330 g/mol. The second-order valence-corrected chi connectivity index (χ2v) is 6.34. The summed E-state index contributed by atoms with van der Waals surface area (Å²) in [5.41, 5.74) is 8.54. The number of rotatable bonds is 7. The molecule has 4 N–H and O–H groups in total. The van der Waals surface area contributed by atoms with E-state index in [-0.39, 0.29) is 18.0 Å². The van der Waals surface area contributed by atoms with Gasteiger partial charge in [-0.25, -0.2) is 15.8 Å². The molecule has 2 atom stereocenters. The topological polar surface area (TPSA) is 87.3 Å². The van der Waals surface area contributed by atoms with Crippen LogP contribution in [0.2, 0.25) is 0 Å². The van der Waals surface area contributed by atoms with Gasteiger partial charge in [0.2, 0.25) is 5.91 Å². The zero-order chi connectivity index (χ0) is 18.4. The summed E-state index contributed by atoms with van der Waals surface area (Å²) in [6.45, 7) is 3.19. The summed E-state index contributed by atoms with van der Waals surface area (Å²) in [5, 5.41) is 6.15. The van der Waals surface area contributed by atoms with Gasteiger partial charge in [-0.3, -0.25) is 4.79 Å². The number of nitrogens with zero attached hydrogens (tertiary/aromatic N) is 1. The van der Waals surface area contributed by atoms with Crippen molar-refractivity contribution >= 4 is 11.7 Å². The predicted octanol–water partition coefficient (Wildman–Crippen LogP) is 1.53. The summed E-state index contributed by atoms with van der Waals surface area (Å²) < 4.78 is 5.17. The highest BCUT2D eigenvalue weighted by molar-refractivity contribution is 5.82. The quantitative estimate of drug-likeness (QED) is 0.564. The standard InChI is InChI=1S/C19H25N5O2/c1-13-7-8-20-18(11-13)21-9-10-22-19(25)17-12-16(23-24-17)14-3-5-15(26-2)6-4-14/h3-8,11,16-17,23-24H,9-10,12H2,1-2H3,(H,20,21)(H,22,25). The highest BCUT2D eigenvalue weighted by Crippen LogP contribution is 2.24. The van der Waals surface area contributed by atoms with E-state index >= 15 is 0 Å². The average Bonchev–Trinajstić information content (AvgIpc) is 3.15. The number of carbonyl (C=O) groups excluding carboxylic acids is 1. The van der Waals surface area contributed by atoms with Gasteiger partial charge in [0.15, 0.2) is 0 Å². The van der Waals surface area contributed by atoms with Crippen molar-refractivity contribution in [3.63, 3.8) is 0 Å². The first kappa shape index (κ1) is 18.2. The number of aryl methyl sites for hydroxylation is 1. The number of amides is 1. The van der Waals surface area contributed by atoms with E-state index in [9.17, 15) is 4.79 Å². The summed E-state index contributed by atoms with van der Waals surface area (Å²) >= 11 is 0. The maximum atomic E-state index is 12.3. The van der Waals surface area contributed by atoms with Crippen molar-refractivity contribution in [3.05, 3.63) is 53.7 Å². The van der Waals surface area contributed by atoms with Crippen LogP contribution in [-0.4, -0.2) is 37.1 Å². The molecule has 1 fully saturated rings. The van der Waals surface area contributed by atoms with Gasteiger partial charge in [-0.05, 0) is 48.7 Å². The van der Waals surface area contributed by atoms with Crippen molar-refractivity contribution < 1.29 is 9.53 Å². The van der Waals surface area contributed by atoms with Crippen LogP contribution in [0.4, 0.5) is 5.82 Å². The Hall–Kier alpha value is -2.64. The van der Waals surface area contributed by atoms with Gasteiger partial charge in [-0.2, -0.15) is 0 Å². The Kier molecular flexibility index (Phi) is 6.04. The molecule has 2 aromatic rings. The third-order valence-corrected chi connectivity index (χ3v) is 4.38. The molecule has 2 unspecified atom stereocenters. The van der Waals surface area contributed by atoms with Crippen molar-refractivity contribution in [1.29, 1.82) is 0 Å². The number of nitrogens with one attached hydrogen (secondary N) is 4. The van der Waals surface area contributed by atoms with E-state index in [1.165, 1.54) is 0 Å². The highest BCUT2D eigenvalue weighted by Gasteiger charge is 2.29. The molecule has 0 spiro atoms. The zero-order valence-corrected chi connectivity index (χ0v) is 15.1. The number of hydrazine groups is 1. The first-order valence-electron chi connectivity index (χ1n) is 8.75. The van der Waals surface area contributed by atoms with Crippen LogP contribution in [-0.2, 0) is 4.79 Å². The van der Waals surface area contributed by atoms with Crippen molar-refractivity contribution in [1.82, 2.24) is 21.2 Å². The molecule has 1 aromatic heterocycles. The average molecular weight is 355 g/mol. The lowest BCUT2D eigenvalue weighted by Gasteiger charge is -2.12. The number of hydrogen-bond donors (Lipinski definition) is 4. The van der Waals surface area contributed by atoms with Gasteiger partial charge in [0.25, 0.3) is 0 Å². The SMILES string of the molecule is COc1ccc(C2CC(C(=O)NCCNc3cc(C)ccn3)NN2)cc1. The third kappa shape index (κ3) is 4.71. The van der Waals surface area contributed by atoms with Gasteiger partial charge in [-0.1, -0.05) is 12.1 Å². The fourth-order valence-corrected chi connectivity index (χ4v) is 2.92. The Labute approximate surface area is 153 Å². The number of ether oxygens (including phenoxy) is 1. The Morgan fingerprint density at radius 2 is 2.04 bits per heavy atom. The number of pyridine rings is 1. The van der Waals surface area contributed by atoms with E-state index in [0.717, 1.165) is 22.7 Å². The lowest BCUT2D eigenvalue weighted by Crippen LogP contribution is -2.44. The molecule has 7 heteroatoms. The molecule has 7 nitrogen and oxygen atoms in total. The molecule has 1 amide bonds. The van der Waals surface area contributed by atoms with E-state index in [4.69, 9.17) is 4.74 Å². The van der Waals surface area contributed by atoms with E-state index in [2.05, 4.69) is 26.5 Å². The number of anilines is 1. The summed E-state index contributed by atoms with van der Waals surface area (Å²) in [7, 11) is 1.65. The normalized spacial score (nSPS) is 19.2. The second kappa shape index (κ2) is 8.64. The number of methoxy groups -OCH3 is 1. The third-order valence-electron chi connectivity index (χ3n) is 4.38. The molecule has 0 bridgehead atoms. The molecule has 1 aliphatic rings. The molecule has 3 rings (SSSR count). The van der Waals surface area contributed by atoms with Crippen molar-refractivity contribution in [3.8, 4) is 5.75 Å². The van der Waals surface area contributed by atoms with Crippen molar-refractivity contribution in [2.24, 2.45) is 0 Å². The van der Waals surface area contributed by atoms with Crippen LogP contribution in [0.15, 0.2) is 42.6 Å². The first-order chi connectivity index (χ1) is 12.7. The Bertz CT molecular complexity index is 735. The predicted molar refractivity (Wildman–Crippen MR) is 101 cm³/mol. The second-order valence-electron chi connectivity index (χ2n) is 6.34. The van der Waals surface area contributed by atoms with Crippen LogP contribution < -0.4 is 26.2 Å². The Morgan fingerprint density at radius 3 is 2.77 bits per heavy atom. The van der Waals surface area contributed by atoms with Crippen LogP contribution in [0.1, 0.15) is 23.6 Å². The molecule has 1 aromatic carbocycles. The largest absolute Gasteiger partial charge is 0.497 e. The van der Waals surface area contributed by atoms with Crippen LogP contribution in [0.3, 0.4) is 0 Å². The number of benzene rings is 1. The summed E-state index contributed by atoms with van der Waals surface area (Å²) in [4.78, 5) is 16.5. The number of carbonyl (C=O) groups is 1. The number of hydrogen-bond acceptors (Lipinski definition) is 6.